The van der Waals surface area contributed by atoms with E-state index in [-0.39, 0.29) is 17.9 Å². The fourth-order valence-corrected chi connectivity index (χ4v) is 5.74. The predicted octanol–water partition coefficient (Wildman–Crippen LogP) is 5.83. The third-order valence-electron chi connectivity index (χ3n) is 5.41. The first kappa shape index (κ1) is 20.4. The molecule has 1 aromatic carbocycles. The Morgan fingerprint density at radius 3 is 2.59 bits per heavy atom. The average molecular weight is 474 g/mol. The number of allylic oxidation sites excluding steroid dienone is 3. The van der Waals surface area contributed by atoms with E-state index < -0.39 is 5.92 Å². The number of thiophene rings is 1. The Labute approximate surface area is 183 Å². The van der Waals surface area contributed by atoms with Crippen molar-refractivity contribution in [2.24, 2.45) is 5.92 Å². The Hall–Kier alpha value is -1.92. The lowest BCUT2D eigenvalue weighted by molar-refractivity contribution is -0.143. The lowest BCUT2D eigenvalue weighted by Crippen LogP contribution is -2.33. The molecule has 1 aliphatic carbocycles. The largest absolute Gasteiger partial charge is 0.460 e. The number of dihydropyridines is 1. The summed E-state index contributed by atoms with van der Waals surface area (Å²) in [7, 11) is 0. The molecule has 2 aliphatic rings. The fourth-order valence-electron chi connectivity index (χ4n) is 4.10. The number of Topliss-reactive ketones (excluding diaryl/α,β-unsaturated/α-hetero) is 1. The van der Waals surface area contributed by atoms with Crippen molar-refractivity contribution >= 4 is 49.1 Å². The third kappa shape index (κ3) is 3.68. The molecule has 1 atom stereocenters. The summed E-state index contributed by atoms with van der Waals surface area (Å²) in [6.45, 7) is 7.21. The monoisotopic (exact) mass is 473 g/mol. The Balaban J connectivity index is 1.97. The van der Waals surface area contributed by atoms with Crippen molar-refractivity contribution in [3.05, 3.63) is 56.2 Å². The maximum atomic E-state index is 13.3. The summed E-state index contributed by atoms with van der Waals surface area (Å²) < 4.78 is 7.78. The quantitative estimate of drug-likeness (QED) is 0.554. The van der Waals surface area contributed by atoms with Gasteiger partial charge in [0.1, 0.15) is 0 Å². The Kier molecular flexibility index (Phi) is 5.42. The number of esters is 1. The fraction of sp³-hybridized carbons (Fsp3) is 0.391. The standard InChI is InChI=1S/C23H24BrNO3S/c1-11(2)28-23(27)20-19(16-10-29-22-15(16)6-5-7-17(22)24)18(13(4)26)12(3)25-21(20)14-8-9-14/h5-7,10-11,14,19,25H,8-9H2,1-4H3. The van der Waals surface area contributed by atoms with Crippen LogP contribution in [0.3, 0.4) is 0 Å². The minimum absolute atomic E-state index is 0.0287. The number of carbonyl (C=O) groups excluding carboxylic acids is 2. The lowest BCUT2D eigenvalue weighted by Gasteiger charge is -2.32. The van der Waals surface area contributed by atoms with E-state index in [1.165, 1.54) is 0 Å². The second kappa shape index (κ2) is 7.73. The molecule has 0 bridgehead atoms. The summed E-state index contributed by atoms with van der Waals surface area (Å²) in [5.74, 6) is -0.454. The maximum absolute atomic E-state index is 13.3. The van der Waals surface area contributed by atoms with E-state index in [0.29, 0.717) is 17.1 Å². The minimum Gasteiger partial charge on any atom is -0.460 e. The van der Waals surface area contributed by atoms with Crippen molar-refractivity contribution in [1.29, 1.82) is 0 Å². The van der Waals surface area contributed by atoms with Gasteiger partial charge in [0.15, 0.2) is 5.78 Å². The molecule has 4 nitrogen and oxygen atoms in total. The van der Waals surface area contributed by atoms with Crippen molar-refractivity contribution in [2.45, 2.75) is 52.6 Å². The van der Waals surface area contributed by atoms with Crippen molar-refractivity contribution < 1.29 is 14.3 Å². The average Bonchev–Trinajstić information content (AvgIpc) is 3.39. The zero-order chi connectivity index (χ0) is 20.9. The lowest BCUT2D eigenvalue weighted by atomic mass is 9.78. The highest BCUT2D eigenvalue weighted by Crippen LogP contribution is 2.49. The molecule has 2 aromatic rings. The molecule has 1 saturated carbocycles. The summed E-state index contributed by atoms with van der Waals surface area (Å²) in [5, 5.41) is 6.54. The van der Waals surface area contributed by atoms with Gasteiger partial charge in [-0.05, 0) is 84.8 Å². The SMILES string of the molecule is CC(=O)C1=C(C)NC(C2CC2)=C(C(=O)OC(C)C)C1c1csc2c(Br)cccc12. The molecule has 0 radical (unpaired) electrons. The van der Waals surface area contributed by atoms with Crippen molar-refractivity contribution in [2.75, 3.05) is 0 Å². The minimum atomic E-state index is -0.418. The van der Waals surface area contributed by atoms with Crippen LogP contribution in [0.2, 0.25) is 0 Å². The zero-order valence-electron chi connectivity index (χ0n) is 17.0. The number of hydrogen-bond acceptors (Lipinski definition) is 5. The number of rotatable bonds is 5. The number of ether oxygens (including phenoxy) is 1. The van der Waals surface area contributed by atoms with Gasteiger partial charge in [0.05, 0.1) is 11.7 Å². The topological polar surface area (TPSA) is 55.4 Å². The second-order valence-electron chi connectivity index (χ2n) is 8.02. The number of ketones is 1. The van der Waals surface area contributed by atoms with Gasteiger partial charge in [-0.2, -0.15) is 0 Å². The van der Waals surface area contributed by atoms with Crippen LogP contribution in [0.15, 0.2) is 50.6 Å². The van der Waals surface area contributed by atoms with Crippen LogP contribution in [0.25, 0.3) is 10.1 Å². The van der Waals surface area contributed by atoms with Gasteiger partial charge in [-0.15, -0.1) is 11.3 Å². The highest BCUT2D eigenvalue weighted by atomic mass is 79.9. The first-order valence-electron chi connectivity index (χ1n) is 9.89. The van der Waals surface area contributed by atoms with E-state index in [4.69, 9.17) is 4.74 Å². The molecular weight excluding hydrogens is 450 g/mol. The Bertz CT molecular complexity index is 1070. The van der Waals surface area contributed by atoms with Crippen LogP contribution >= 0.6 is 27.3 Å². The molecule has 1 aromatic heterocycles. The van der Waals surface area contributed by atoms with Gasteiger partial charge >= 0.3 is 5.97 Å². The summed E-state index contributed by atoms with van der Waals surface area (Å²) in [5.41, 5.74) is 3.99. The molecule has 1 aliphatic heterocycles. The van der Waals surface area contributed by atoms with E-state index >= 15 is 0 Å². The second-order valence-corrected chi connectivity index (χ2v) is 9.75. The smallest absolute Gasteiger partial charge is 0.337 e. The van der Waals surface area contributed by atoms with E-state index in [0.717, 1.165) is 44.4 Å². The van der Waals surface area contributed by atoms with Crippen LogP contribution in [0.5, 0.6) is 0 Å². The molecular formula is C23H24BrNO3S. The van der Waals surface area contributed by atoms with Crippen LogP contribution in [-0.2, 0) is 14.3 Å². The van der Waals surface area contributed by atoms with Gasteiger partial charge in [-0.1, -0.05) is 12.1 Å². The van der Waals surface area contributed by atoms with Gasteiger partial charge < -0.3 is 10.1 Å². The van der Waals surface area contributed by atoms with Crippen molar-refractivity contribution in [3.63, 3.8) is 0 Å². The maximum Gasteiger partial charge on any atom is 0.337 e. The predicted molar refractivity (Wildman–Crippen MR) is 120 cm³/mol. The molecule has 4 rings (SSSR count). The molecule has 152 valence electrons. The van der Waals surface area contributed by atoms with E-state index in [1.807, 2.05) is 32.9 Å². The number of carbonyl (C=O) groups is 2. The van der Waals surface area contributed by atoms with E-state index in [9.17, 15) is 9.59 Å². The third-order valence-corrected chi connectivity index (χ3v) is 7.38. The molecule has 29 heavy (non-hydrogen) atoms. The Morgan fingerprint density at radius 2 is 1.97 bits per heavy atom. The summed E-state index contributed by atoms with van der Waals surface area (Å²) in [6.07, 6.45) is 1.87. The van der Waals surface area contributed by atoms with Crippen molar-refractivity contribution in [3.8, 4) is 0 Å². The molecule has 1 N–H and O–H groups in total. The molecule has 1 fully saturated rings. The summed E-state index contributed by atoms with van der Waals surface area (Å²) in [6, 6.07) is 6.06. The molecule has 2 heterocycles. The van der Waals surface area contributed by atoms with Crippen LogP contribution in [-0.4, -0.2) is 17.9 Å². The van der Waals surface area contributed by atoms with Gasteiger partial charge in [0.25, 0.3) is 0 Å². The normalized spacial score (nSPS) is 19.7. The highest BCUT2D eigenvalue weighted by Gasteiger charge is 2.42. The van der Waals surface area contributed by atoms with Crippen LogP contribution in [0.4, 0.5) is 0 Å². The summed E-state index contributed by atoms with van der Waals surface area (Å²) in [4.78, 5) is 26.0. The molecule has 0 saturated heterocycles. The van der Waals surface area contributed by atoms with E-state index in [2.05, 4.69) is 32.7 Å². The van der Waals surface area contributed by atoms with Crippen LogP contribution < -0.4 is 5.32 Å². The number of hydrogen-bond donors (Lipinski definition) is 1. The zero-order valence-corrected chi connectivity index (χ0v) is 19.4. The number of halogens is 1. The number of fused-ring (bicyclic) bond motifs is 1. The van der Waals surface area contributed by atoms with Crippen LogP contribution in [0.1, 0.15) is 52.0 Å². The van der Waals surface area contributed by atoms with Gasteiger partial charge in [-0.3, -0.25) is 4.79 Å². The highest BCUT2D eigenvalue weighted by molar-refractivity contribution is 9.10. The van der Waals surface area contributed by atoms with Gasteiger partial charge in [0, 0.05) is 32.1 Å². The van der Waals surface area contributed by atoms with Crippen LogP contribution in [0, 0.1) is 5.92 Å². The first-order valence-corrected chi connectivity index (χ1v) is 11.6. The number of benzene rings is 1. The van der Waals surface area contributed by atoms with Crippen molar-refractivity contribution in [1.82, 2.24) is 5.32 Å². The number of nitrogens with one attached hydrogen (secondary N) is 1. The molecule has 1 unspecified atom stereocenters. The van der Waals surface area contributed by atoms with E-state index in [1.54, 1.807) is 18.3 Å². The molecule has 0 amide bonds. The first-order chi connectivity index (χ1) is 13.8. The summed E-state index contributed by atoms with van der Waals surface area (Å²) >= 11 is 5.25. The Morgan fingerprint density at radius 1 is 1.24 bits per heavy atom. The molecule has 6 heteroatoms. The van der Waals surface area contributed by atoms with Gasteiger partial charge in [-0.25, -0.2) is 4.79 Å². The molecule has 0 spiro atoms. The van der Waals surface area contributed by atoms with Gasteiger partial charge in [0.2, 0.25) is 0 Å².